The second-order valence-electron chi connectivity index (χ2n) is 4.18. The normalized spacial score (nSPS) is 9.90. The number of carbonyl (C=O) groups is 3. The van der Waals surface area contributed by atoms with Crippen molar-refractivity contribution in [1.82, 2.24) is 0 Å². The van der Waals surface area contributed by atoms with E-state index in [0.29, 0.717) is 19.4 Å². The van der Waals surface area contributed by atoms with Gasteiger partial charge in [-0.3, -0.25) is 14.4 Å². The molecule has 0 spiro atoms. The summed E-state index contributed by atoms with van der Waals surface area (Å²) in [5, 5.41) is 0. The molecule has 0 unspecified atom stereocenters. The van der Waals surface area contributed by atoms with Gasteiger partial charge in [0.15, 0.2) is 0 Å². The second kappa shape index (κ2) is 12.4. The Morgan fingerprint density at radius 2 is 1.40 bits per heavy atom. The van der Waals surface area contributed by atoms with Crippen molar-refractivity contribution in [2.45, 2.75) is 44.9 Å². The van der Waals surface area contributed by atoms with Gasteiger partial charge in [0.1, 0.15) is 0 Å². The molecular formula is C14H23O6. The lowest BCUT2D eigenvalue weighted by atomic mass is 10.2. The van der Waals surface area contributed by atoms with Gasteiger partial charge in [0.05, 0.1) is 20.3 Å². The van der Waals surface area contributed by atoms with Crippen molar-refractivity contribution in [2.24, 2.45) is 0 Å². The Balaban J connectivity index is 3.32. The number of methoxy groups -OCH3 is 1. The SMILES string of the molecule is [CH2]CC(=O)OCCCC(=O)OCCCCCC(=O)OC. The third-order valence-electron chi connectivity index (χ3n) is 2.51. The minimum Gasteiger partial charge on any atom is -0.469 e. The largest absolute Gasteiger partial charge is 0.469 e. The van der Waals surface area contributed by atoms with Crippen LogP contribution < -0.4 is 0 Å². The lowest BCUT2D eigenvalue weighted by Crippen LogP contribution is -2.09. The number of ether oxygens (including phenoxy) is 3. The number of hydrogen-bond donors (Lipinski definition) is 0. The van der Waals surface area contributed by atoms with Crippen LogP contribution in [0.5, 0.6) is 0 Å². The number of esters is 3. The highest BCUT2D eigenvalue weighted by Crippen LogP contribution is 2.02. The van der Waals surface area contributed by atoms with E-state index in [9.17, 15) is 14.4 Å². The Morgan fingerprint density at radius 3 is 2.05 bits per heavy atom. The Kier molecular flexibility index (Phi) is 11.5. The first-order chi connectivity index (χ1) is 9.60. The number of carbonyl (C=O) groups excluding carboxylic acids is 3. The van der Waals surface area contributed by atoms with Gasteiger partial charge in [-0.25, -0.2) is 0 Å². The summed E-state index contributed by atoms with van der Waals surface area (Å²) in [5.74, 6) is -0.897. The van der Waals surface area contributed by atoms with Gasteiger partial charge < -0.3 is 14.2 Å². The zero-order valence-corrected chi connectivity index (χ0v) is 12.0. The van der Waals surface area contributed by atoms with Crippen LogP contribution in [0.4, 0.5) is 0 Å². The molecule has 0 aromatic carbocycles. The topological polar surface area (TPSA) is 78.9 Å². The summed E-state index contributed by atoms with van der Waals surface area (Å²) in [7, 11) is 1.36. The van der Waals surface area contributed by atoms with Crippen LogP contribution in [-0.2, 0) is 28.6 Å². The minimum absolute atomic E-state index is 0.0933. The maximum absolute atomic E-state index is 11.3. The first-order valence-electron chi connectivity index (χ1n) is 6.77. The predicted molar refractivity (Wildman–Crippen MR) is 71.6 cm³/mol. The fourth-order valence-corrected chi connectivity index (χ4v) is 1.38. The molecule has 0 aliphatic heterocycles. The van der Waals surface area contributed by atoms with Crippen LogP contribution in [0.2, 0.25) is 0 Å². The summed E-state index contributed by atoms with van der Waals surface area (Å²) < 4.78 is 14.3. The minimum atomic E-state index is -0.371. The Hall–Kier alpha value is -1.59. The molecule has 0 aliphatic rings. The molecule has 0 saturated heterocycles. The van der Waals surface area contributed by atoms with Crippen molar-refractivity contribution in [2.75, 3.05) is 20.3 Å². The molecule has 6 nitrogen and oxygen atoms in total. The molecule has 0 rings (SSSR count). The average Bonchev–Trinajstić information content (AvgIpc) is 2.46. The van der Waals surface area contributed by atoms with Gasteiger partial charge in [0.2, 0.25) is 0 Å². The van der Waals surface area contributed by atoms with Gasteiger partial charge in [0.25, 0.3) is 0 Å². The molecule has 115 valence electrons. The van der Waals surface area contributed by atoms with E-state index in [1.54, 1.807) is 0 Å². The lowest BCUT2D eigenvalue weighted by molar-refractivity contribution is -0.147. The fraction of sp³-hybridized carbons (Fsp3) is 0.714. The van der Waals surface area contributed by atoms with E-state index in [4.69, 9.17) is 9.47 Å². The highest BCUT2D eigenvalue weighted by Gasteiger charge is 2.04. The van der Waals surface area contributed by atoms with E-state index < -0.39 is 0 Å². The van der Waals surface area contributed by atoms with E-state index in [1.807, 2.05) is 0 Å². The lowest BCUT2D eigenvalue weighted by Gasteiger charge is -2.05. The summed E-state index contributed by atoms with van der Waals surface area (Å²) in [5.41, 5.74) is 0. The molecule has 0 N–H and O–H groups in total. The second-order valence-corrected chi connectivity index (χ2v) is 4.18. The molecule has 0 amide bonds. The van der Waals surface area contributed by atoms with Crippen molar-refractivity contribution in [1.29, 1.82) is 0 Å². The molecule has 0 aromatic rings. The van der Waals surface area contributed by atoms with E-state index in [0.717, 1.165) is 19.3 Å². The predicted octanol–water partition coefficient (Wildman–Crippen LogP) is 1.81. The Morgan fingerprint density at radius 1 is 0.800 bits per heavy atom. The Bertz CT molecular complexity index is 300. The van der Waals surface area contributed by atoms with Crippen LogP contribution in [0, 0.1) is 6.92 Å². The van der Waals surface area contributed by atoms with E-state index in [-0.39, 0.29) is 37.4 Å². The molecular weight excluding hydrogens is 264 g/mol. The molecule has 0 atom stereocenters. The van der Waals surface area contributed by atoms with E-state index in [1.165, 1.54) is 7.11 Å². The molecule has 0 aromatic heterocycles. The fourth-order valence-electron chi connectivity index (χ4n) is 1.38. The van der Waals surface area contributed by atoms with Crippen molar-refractivity contribution in [3.05, 3.63) is 6.92 Å². The average molecular weight is 287 g/mol. The van der Waals surface area contributed by atoms with Crippen molar-refractivity contribution < 1.29 is 28.6 Å². The third-order valence-corrected chi connectivity index (χ3v) is 2.51. The van der Waals surface area contributed by atoms with Gasteiger partial charge >= 0.3 is 17.9 Å². The molecule has 0 fully saturated rings. The summed E-state index contributed by atoms with van der Waals surface area (Å²) >= 11 is 0. The van der Waals surface area contributed by atoms with Gasteiger partial charge in [-0.15, -0.1) is 0 Å². The smallest absolute Gasteiger partial charge is 0.305 e. The van der Waals surface area contributed by atoms with Crippen molar-refractivity contribution >= 4 is 17.9 Å². The van der Waals surface area contributed by atoms with Gasteiger partial charge in [0, 0.05) is 19.3 Å². The van der Waals surface area contributed by atoms with Crippen LogP contribution in [0.25, 0.3) is 0 Å². The van der Waals surface area contributed by atoms with Gasteiger partial charge in [-0.2, -0.15) is 0 Å². The molecule has 6 heteroatoms. The molecule has 0 heterocycles. The van der Waals surface area contributed by atoms with Crippen LogP contribution in [0.1, 0.15) is 44.9 Å². The van der Waals surface area contributed by atoms with Crippen LogP contribution in [0.3, 0.4) is 0 Å². The molecule has 0 aliphatic carbocycles. The standard InChI is InChI=1S/C14H23O6/c1-3-12(15)19-11-7-9-14(17)20-10-6-4-5-8-13(16)18-2/h1,3-11H2,2H3. The highest BCUT2D eigenvalue weighted by atomic mass is 16.5. The first-order valence-corrected chi connectivity index (χ1v) is 6.77. The number of hydrogen-bond acceptors (Lipinski definition) is 6. The van der Waals surface area contributed by atoms with Crippen molar-refractivity contribution in [3.8, 4) is 0 Å². The third kappa shape index (κ3) is 11.5. The van der Waals surface area contributed by atoms with E-state index >= 15 is 0 Å². The van der Waals surface area contributed by atoms with E-state index in [2.05, 4.69) is 11.7 Å². The Labute approximate surface area is 119 Å². The quantitative estimate of drug-likeness (QED) is 0.327. The summed E-state index contributed by atoms with van der Waals surface area (Å²) in [6.07, 6.45) is 3.42. The maximum atomic E-state index is 11.3. The zero-order valence-electron chi connectivity index (χ0n) is 12.0. The summed E-state index contributed by atoms with van der Waals surface area (Å²) in [6.45, 7) is 3.94. The van der Waals surface area contributed by atoms with Gasteiger partial charge in [-0.1, -0.05) is 0 Å². The molecule has 1 radical (unpaired) electrons. The summed E-state index contributed by atoms with van der Waals surface area (Å²) in [6, 6.07) is 0. The van der Waals surface area contributed by atoms with Crippen LogP contribution in [0.15, 0.2) is 0 Å². The first kappa shape index (κ1) is 18.4. The zero-order chi connectivity index (χ0) is 15.2. The van der Waals surface area contributed by atoms with Gasteiger partial charge in [-0.05, 0) is 32.6 Å². The molecule has 20 heavy (non-hydrogen) atoms. The molecule has 0 bridgehead atoms. The number of rotatable bonds is 11. The summed E-state index contributed by atoms with van der Waals surface area (Å²) in [4.78, 5) is 32.9. The monoisotopic (exact) mass is 287 g/mol. The highest BCUT2D eigenvalue weighted by molar-refractivity contribution is 5.70. The molecule has 0 saturated carbocycles. The number of unbranched alkanes of at least 4 members (excludes halogenated alkanes) is 2. The van der Waals surface area contributed by atoms with Crippen molar-refractivity contribution in [3.63, 3.8) is 0 Å². The van der Waals surface area contributed by atoms with Crippen LogP contribution in [-0.4, -0.2) is 38.2 Å². The maximum Gasteiger partial charge on any atom is 0.305 e. The van der Waals surface area contributed by atoms with Crippen LogP contribution >= 0.6 is 0 Å².